The van der Waals surface area contributed by atoms with E-state index in [0.717, 1.165) is 5.69 Å². The zero-order valence-corrected chi connectivity index (χ0v) is 17.9. The van der Waals surface area contributed by atoms with Crippen molar-refractivity contribution in [2.45, 2.75) is 17.8 Å². The average Bonchev–Trinajstić information content (AvgIpc) is 3.35. The van der Waals surface area contributed by atoms with E-state index in [1.165, 1.54) is 56.9 Å². The molecule has 0 aliphatic heterocycles. The standard InChI is InChI=1S/C19H15FN4O2S3/c1-11(25)24(15-6-4-3-5-14(15)20)19-21-12(10-29-19)9-28-18-22-16-13(7-8-27-16)17(26)23(18)2/h3-8,10H,9H2,1-2H3. The fraction of sp³-hybridized carbons (Fsp3) is 0.158. The van der Waals surface area contributed by atoms with E-state index in [9.17, 15) is 14.0 Å². The lowest BCUT2D eigenvalue weighted by molar-refractivity contribution is -0.115. The highest BCUT2D eigenvalue weighted by atomic mass is 32.2. The van der Waals surface area contributed by atoms with Crippen LogP contribution in [0.1, 0.15) is 12.6 Å². The maximum absolute atomic E-state index is 14.2. The number of thiophene rings is 1. The summed E-state index contributed by atoms with van der Waals surface area (Å²) in [5.74, 6) is -0.343. The van der Waals surface area contributed by atoms with Crippen molar-refractivity contribution in [3.8, 4) is 0 Å². The van der Waals surface area contributed by atoms with Crippen molar-refractivity contribution in [1.29, 1.82) is 0 Å². The molecule has 29 heavy (non-hydrogen) atoms. The topological polar surface area (TPSA) is 68.1 Å². The van der Waals surface area contributed by atoms with Crippen molar-refractivity contribution >= 4 is 61.4 Å². The quantitative estimate of drug-likeness (QED) is 0.332. The van der Waals surface area contributed by atoms with Crippen LogP contribution in [0.3, 0.4) is 0 Å². The van der Waals surface area contributed by atoms with Gasteiger partial charge in [-0.25, -0.2) is 14.4 Å². The number of rotatable bonds is 5. The molecule has 10 heteroatoms. The van der Waals surface area contributed by atoms with Crippen molar-refractivity contribution in [2.75, 3.05) is 4.90 Å². The maximum Gasteiger partial charge on any atom is 0.262 e. The fourth-order valence-corrected chi connectivity index (χ4v) is 5.41. The number of thiazole rings is 1. The van der Waals surface area contributed by atoms with Gasteiger partial charge in [0.1, 0.15) is 10.6 Å². The lowest BCUT2D eigenvalue weighted by Crippen LogP contribution is -2.23. The normalized spacial score (nSPS) is 11.1. The molecule has 148 valence electrons. The second-order valence-electron chi connectivity index (χ2n) is 6.11. The van der Waals surface area contributed by atoms with Crippen LogP contribution in [0.15, 0.2) is 51.0 Å². The molecular weight excluding hydrogens is 431 g/mol. The first-order valence-corrected chi connectivity index (χ1v) is 11.3. The number of carbonyl (C=O) groups is 1. The number of nitrogens with zero attached hydrogens (tertiary/aromatic N) is 4. The van der Waals surface area contributed by atoms with Crippen molar-refractivity contribution in [1.82, 2.24) is 14.5 Å². The number of carbonyl (C=O) groups excluding carboxylic acids is 1. The van der Waals surface area contributed by atoms with Crippen molar-refractivity contribution in [3.05, 3.63) is 63.0 Å². The molecule has 4 aromatic rings. The van der Waals surface area contributed by atoms with Gasteiger partial charge in [0.15, 0.2) is 10.3 Å². The van der Waals surface area contributed by atoms with Crippen LogP contribution >= 0.6 is 34.4 Å². The van der Waals surface area contributed by atoms with Gasteiger partial charge < -0.3 is 0 Å². The van der Waals surface area contributed by atoms with E-state index in [1.807, 2.05) is 10.8 Å². The summed E-state index contributed by atoms with van der Waals surface area (Å²) >= 11 is 4.08. The van der Waals surface area contributed by atoms with Crippen molar-refractivity contribution in [2.24, 2.45) is 7.05 Å². The third kappa shape index (κ3) is 3.83. The van der Waals surface area contributed by atoms with E-state index in [1.54, 1.807) is 31.3 Å². The van der Waals surface area contributed by atoms with E-state index >= 15 is 0 Å². The molecule has 0 radical (unpaired) electrons. The number of hydrogen-bond acceptors (Lipinski definition) is 7. The second kappa shape index (κ2) is 8.05. The van der Waals surface area contributed by atoms with Gasteiger partial charge >= 0.3 is 0 Å². The molecule has 1 aromatic carbocycles. The summed E-state index contributed by atoms with van der Waals surface area (Å²) in [6.07, 6.45) is 0. The largest absolute Gasteiger partial charge is 0.290 e. The van der Waals surface area contributed by atoms with Crippen molar-refractivity contribution < 1.29 is 9.18 Å². The fourth-order valence-electron chi connectivity index (χ4n) is 2.75. The minimum atomic E-state index is -0.489. The average molecular weight is 447 g/mol. The molecule has 4 rings (SSSR count). The Bertz CT molecular complexity index is 1260. The molecule has 0 saturated heterocycles. The van der Waals surface area contributed by atoms with Gasteiger partial charge in [-0.05, 0) is 23.6 Å². The van der Waals surface area contributed by atoms with Gasteiger partial charge in [0.05, 0.1) is 16.8 Å². The smallest absolute Gasteiger partial charge is 0.262 e. The van der Waals surface area contributed by atoms with Gasteiger partial charge in [0, 0.05) is 25.1 Å². The molecule has 0 unspecified atom stereocenters. The number of fused-ring (bicyclic) bond motifs is 1. The molecule has 0 aliphatic carbocycles. The number of benzene rings is 1. The zero-order valence-electron chi connectivity index (χ0n) is 15.5. The lowest BCUT2D eigenvalue weighted by Gasteiger charge is -2.18. The number of amides is 1. The van der Waals surface area contributed by atoms with Crippen LogP contribution in [0.5, 0.6) is 0 Å². The molecule has 0 fully saturated rings. The number of anilines is 2. The first kappa shape index (κ1) is 19.7. The molecule has 3 heterocycles. The molecule has 0 spiro atoms. The highest BCUT2D eigenvalue weighted by Gasteiger charge is 2.21. The molecule has 0 bridgehead atoms. The SMILES string of the molecule is CC(=O)N(c1nc(CSc2nc3sccc3c(=O)n2C)cs1)c1ccccc1F. The summed E-state index contributed by atoms with van der Waals surface area (Å²) in [7, 11) is 1.69. The molecule has 0 atom stereocenters. The van der Waals surface area contributed by atoms with Crippen LogP contribution in [0.2, 0.25) is 0 Å². The Kier molecular flexibility index (Phi) is 5.48. The Morgan fingerprint density at radius 1 is 1.24 bits per heavy atom. The molecule has 3 aromatic heterocycles. The number of thioether (sulfide) groups is 1. The van der Waals surface area contributed by atoms with E-state index in [2.05, 4.69) is 9.97 Å². The zero-order chi connectivity index (χ0) is 20.5. The summed E-state index contributed by atoms with van der Waals surface area (Å²) in [4.78, 5) is 35.5. The summed E-state index contributed by atoms with van der Waals surface area (Å²) in [5.41, 5.74) is 0.805. The predicted octanol–water partition coefficient (Wildman–Crippen LogP) is 4.57. The molecule has 6 nitrogen and oxygen atoms in total. The van der Waals surface area contributed by atoms with Gasteiger partial charge in [-0.1, -0.05) is 23.9 Å². The summed E-state index contributed by atoms with van der Waals surface area (Å²) < 4.78 is 15.7. The van der Waals surface area contributed by atoms with Crippen LogP contribution in [0, 0.1) is 5.82 Å². The third-order valence-corrected chi connectivity index (χ3v) is 6.90. The summed E-state index contributed by atoms with van der Waals surface area (Å²) in [6, 6.07) is 7.87. The minimum Gasteiger partial charge on any atom is -0.290 e. The first-order chi connectivity index (χ1) is 14.0. The predicted molar refractivity (Wildman–Crippen MR) is 116 cm³/mol. The Labute approximate surface area is 177 Å². The van der Waals surface area contributed by atoms with Crippen LogP contribution in [-0.2, 0) is 17.6 Å². The number of halogens is 1. The summed E-state index contributed by atoms with van der Waals surface area (Å²) in [6.45, 7) is 1.37. The minimum absolute atomic E-state index is 0.0833. The van der Waals surface area contributed by atoms with Crippen LogP contribution in [0.25, 0.3) is 10.2 Å². The number of para-hydroxylation sites is 1. The third-order valence-electron chi connectivity index (χ3n) is 4.15. The Morgan fingerprint density at radius 2 is 2.03 bits per heavy atom. The highest BCUT2D eigenvalue weighted by Crippen LogP contribution is 2.32. The van der Waals surface area contributed by atoms with E-state index in [4.69, 9.17) is 0 Å². The highest BCUT2D eigenvalue weighted by molar-refractivity contribution is 7.98. The molecular formula is C19H15FN4O2S3. The second-order valence-corrected chi connectivity index (χ2v) is 8.79. The van der Waals surface area contributed by atoms with Gasteiger partial charge in [-0.2, -0.15) is 0 Å². The number of aromatic nitrogens is 3. The summed E-state index contributed by atoms with van der Waals surface area (Å²) in [5, 5.41) is 5.27. The van der Waals surface area contributed by atoms with Gasteiger partial charge in [-0.3, -0.25) is 19.1 Å². The van der Waals surface area contributed by atoms with E-state index in [-0.39, 0.29) is 17.2 Å². The Hall–Kier alpha value is -2.56. The molecule has 0 saturated carbocycles. The Morgan fingerprint density at radius 3 is 2.79 bits per heavy atom. The van der Waals surface area contributed by atoms with Gasteiger partial charge in [0.2, 0.25) is 5.91 Å². The maximum atomic E-state index is 14.2. The Balaban J connectivity index is 1.58. The van der Waals surface area contributed by atoms with Gasteiger partial charge in [0.25, 0.3) is 5.56 Å². The molecule has 0 N–H and O–H groups in total. The van der Waals surface area contributed by atoms with Gasteiger partial charge in [-0.15, -0.1) is 22.7 Å². The first-order valence-electron chi connectivity index (χ1n) is 8.52. The molecule has 1 amide bonds. The number of hydrogen-bond donors (Lipinski definition) is 0. The van der Waals surface area contributed by atoms with E-state index in [0.29, 0.717) is 26.3 Å². The van der Waals surface area contributed by atoms with E-state index < -0.39 is 5.82 Å². The van der Waals surface area contributed by atoms with Crippen LogP contribution < -0.4 is 10.5 Å². The lowest BCUT2D eigenvalue weighted by atomic mass is 10.3. The molecule has 0 aliphatic rings. The van der Waals surface area contributed by atoms with Crippen LogP contribution in [-0.4, -0.2) is 20.4 Å². The monoisotopic (exact) mass is 446 g/mol. The van der Waals surface area contributed by atoms with Crippen molar-refractivity contribution in [3.63, 3.8) is 0 Å². The van der Waals surface area contributed by atoms with Crippen LogP contribution in [0.4, 0.5) is 15.2 Å².